The summed E-state index contributed by atoms with van der Waals surface area (Å²) in [5.41, 5.74) is 0. The predicted molar refractivity (Wildman–Crippen MR) is 68.0 cm³/mol. The highest BCUT2D eigenvalue weighted by Crippen LogP contribution is 2.29. The molecule has 0 spiro atoms. The van der Waals surface area contributed by atoms with Crippen LogP contribution in [-0.2, 0) is 4.79 Å². The second-order valence-electron chi connectivity index (χ2n) is 5.87. The lowest BCUT2D eigenvalue weighted by Gasteiger charge is -2.29. The molecule has 0 amide bonds. The highest BCUT2D eigenvalue weighted by Gasteiger charge is 2.37. The molecule has 2 atom stereocenters. The average molecular weight is 239 g/mol. The maximum atomic E-state index is 11.1. The van der Waals surface area contributed by atoms with Crippen molar-refractivity contribution < 1.29 is 9.90 Å². The summed E-state index contributed by atoms with van der Waals surface area (Å²) >= 11 is 0. The smallest absolute Gasteiger partial charge is 0.308 e. The molecule has 1 aliphatic carbocycles. The van der Waals surface area contributed by atoms with Gasteiger partial charge in [0, 0.05) is 19.1 Å². The molecular weight excluding hydrogens is 214 g/mol. The van der Waals surface area contributed by atoms with Crippen molar-refractivity contribution in [1.29, 1.82) is 0 Å². The van der Waals surface area contributed by atoms with Crippen molar-refractivity contribution in [3.8, 4) is 0 Å². The lowest BCUT2D eigenvalue weighted by Crippen LogP contribution is -2.34. The highest BCUT2D eigenvalue weighted by atomic mass is 16.4. The van der Waals surface area contributed by atoms with E-state index in [4.69, 9.17) is 0 Å². The van der Waals surface area contributed by atoms with E-state index in [9.17, 15) is 9.90 Å². The van der Waals surface area contributed by atoms with Crippen LogP contribution in [0.1, 0.15) is 51.9 Å². The predicted octanol–water partition coefficient (Wildman–Crippen LogP) is 2.75. The Hall–Kier alpha value is -0.570. The zero-order chi connectivity index (χ0) is 12.3. The fourth-order valence-electron chi connectivity index (χ4n) is 3.42. The standard InChI is InChI=1S/C14H25NO2/c1-11-9-15(10-13(11)14(16)17)12-7-5-3-2-4-6-8-12/h11-13H,2-10H2,1H3,(H,16,17)/t11-,13-/m1/s1. The van der Waals surface area contributed by atoms with E-state index >= 15 is 0 Å². The topological polar surface area (TPSA) is 40.5 Å². The minimum Gasteiger partial charge on any atom is -0.481 e. The van der Waals surface area contributed by atoms with Crippen molar-refractivity contribution in [2.45, 2.75) is 57.9 Å². The van der Waals surface area contributed by atoms with Crippen molar-refractivity contribution in [2.75, 3.05) is 13.1 Å². The van der Waals surface area contributed by atoms with E-state index in [1.165, 1.54) is 44.9 Å². The van der Waals surface area contributed by atoms with E-state index in [-0.39, 0.29) is 5.92 Å². The van der Waals surface area contributed by atoms with Crippen LogP contribution in [-0.4, -0.2) is 35.1 Å². The molecule has 0 aromatic rings. The van der Waals surface area contributed by atoms with Crippen LogP contribution in [0.2, 0.25) is 0 Å². The molecule has 1 N–H and O–H groups in total. The molecule has 1 saturated heterocycles. The molecule has 0 bridgehead atoms. The van der Waals surface area contributed by atoms with Crippen molar-refractivity contribution in [3.05, 3.63) is 0 Å². The van der Waals surface area contributed by atoms with Crippen LogP contribution >= 0.6 is 0 Å². The molecule has 98 valence electrons. The minimum absolute atomic E-state index is 0.138. The zero-order valence-electron chi connectivity index (χ0n) is 10.9. The highest BCUT2D eigenvalue weighted by molar-refractivity contribution is 5.71. The van der Waals surface area contributed by atoms with Crippen molar-refractivity contribution in [3.63, 3.8) is 0 Å². The van der Waals surface area contributed by atoms with Gasteiger partial charge in [0.15, 0.2) is 0 Å². The third-order valence-corrected chi connectivity index (χ3v) is 4.55. The van der Waals surface area contributed by atoms with Gasteiger partial charge in [0.2, 0.25) is 0 Å². The first-order valence-corrected chi connectivity index (χ1v) is 7.15. The van der Waals surface area contributed by atoms with Crippen LogP contribution in [0.5, 0.6) is 0 Å². The van der Waals surface area contributed by atoms with Crippen molar-refractivity contribution in [2.24, 2.45) is 11.8 Å². The molecule has 1 aliphatic heterocycles. The summed E-state index contributed by atoms with van der Waals surface area (Å²) in [6, 6.07) is 0.655. The third kappa shape index (κ3) is 3.21. The van der Waals surface area contributed by atoms with E-state index in [0.29, 0.717) is 12.0 Å². The van der Waals surface area contributed by atoms with E-state index < -0.39 is 5.97 Å². The van der Waals surface area contributed by atoms with Crippen LogP contribution in [0, 0.1) is 11.8 Å². The molecule has 0 unspecified atom stereocenters. The lowest BCUT2D eigenvalue weighted by molar-refractivity contribution is -0.142. The van der Waals surface area contributed by atoms with Crippen LogP contribution in [0.4, 0.5) is 0 Å². The van der Waals surface area contributed by atoms with Gasteiger partial charge in [-0.2, -0.15) is 0 Å². The molecular formula is C14H25NO2. The normalized spacial score (nSPS) is 33.2. The van der Waals surface area contributed by atoms with Gasteiger partial charge < -0.3 is 5.11 Å². The Balaban J connectivity index is 1.91. The number of likely N-dealkylation sites (tertiary alicyclic amines) is 1. The minimum atomic E-state index is -0.606. The molecule has 0 aromatic heterocycles. The van der Waals surface area contributed by atoms with Crippen LogP contribution in [0.25, 0.3) is 0 Å². The number of aliphatic carboxylic acids is 1. The van der Waals surface area contributed by atoms with Gasteiger partial charge in [-0.1, -0.05) is 39.0 Å². The van der Waals surface area contributed by atoms with Gasteiger partial charge >= 0.3 is 5.97 Å². The largest absolute Gasteiger partial charge is 0.481 e. The zero-order valence-corrected chi connectivity index (χ0v) is 10.9. The molecule has 3 heteroatoms. The van der Waals surface area contributed by atoms with Gasteiger partial charge in [0.25, 0.3) is 0 Å². The monoisotopic (exact) mass is 239 g/mol. The van der Waals surface area contributed by atoms with Gasteiger partial charge in [0.1, 0.15) is 0 Å². The summed E-state index contributed by atoms with van der Waals surface area (Å²) in [7, 11) is 0. The molecule has 1 saturated carbocycles. The second-order valence-corrected chi connectivity index (χ2v) is 5.87. The first kappa shape index (κ1) is 12.9. The first-order valence-electron chi connectivity index (χ1n) is 7.15. The molecule has 2 aliphatic rings. The molecule has 3 nitrogen and oxygen atoms in total. The Labute approximate surface area is 104 Å². The van der Waals surface area contributed by atoms with Gasteiger partial charge in [-0.15, -0.1) is 0 Å². The fraction of sp³-hybridized carbons (Fsp3) is 0.929. The molecule has 2 fully saturated rings. The summed E-state index contributed by atoms with van der Waals surface area (Å²) in [6.45, 7) is 3.85. The fourth-order valence-corrected chi connectivity index (χ4v) is 3.42. The molecule has 2 rings (SSSR count). The molecule has 0 radical (unpaired) electrons. The van der Waals surface area contributed by atoms with E-state index in [1.807, 2.05) is 0 Å². The first-order chi connectivity index (χ1) is 8.18. The Morgan fingerprint density at radius 3 is 2.18 bits per heavy atom. The molecule has 0 aromatic carbocycles. The summed E-state index contributed by atoms with van der Waals surface area (Å²) < 4.78 is 0. The number of hydrogen-bond donors (Lipinski definition) is 1. The molecule has 17 heavy (non-hydrogen) atoms. The number of hydrogen-bond acceptors (Lipinski definition) is 2. The van der Waals surface area contributed by atoms with Crippen LogP contribution in [0.15, 0.2) is 0 Å². The van der Waals surface area contributed by atoms with Gasteiger partial charge in [0.05, 0.1) is 5.92 Å². The number of nitrogens with zero attached hydrogens (tertiary/aromatic N) is 1. The van der Waals surface area contributed by atoms with Crippen LogP contribution < -0.4 is 0 Å². The number of carboxylic acids is 1. The summed E-state index contributed by atoms with van der Waals surface area (Å²) in [6.07, 6.45) is 9.32. The Morgan fingerprint density at radius 1 is 1.06 bits per heavy atom. The third-order valence-electron chi connectivity index (χ3n) is 4.55. The Bertz CT molecular complexity index is 259. The Kier molecular flexibility index (Phi) is 4.43. The van der Waals surface area contributed by atoms with Crippen LogP contribution in [0.3, 0.4) is 0 Å². The van der Waals surface area contributed by atoms with Gasteiger partial charge in [-0.05, 0) is 18.8 Å². The summed E-state index contributed by atoms with van der Waals surface area (Å²) in [5.74, 6) is -0.427. The number of carbonyl (C=O) groups is 1. The van der Waals surface area contributed by atoms with E-state index in [0.717, 1.165) is 13.1 Å². The average Bonchev–Trinajstić information content (AvgIpc) is 2.59. The maximum Gasteiger partial charge on any atom is 0.308 e. The number of rotatable bonds is 2. The van der Waals surface area contributed by atoms with Crippen molar-refractivity contribution >= 4 is 5.97 Å². The maximum absolute atomic E-state index is 11.1. The van der Waals surface area contributed by atoms with Gasteiger partial charge in [-0.3, -0.25) is 9.69 Å². The lowest BCUT2D eigenvalue weighted by atomic mass is 9.96. The quantitative estimate of drug-likeness (QED) is 0.805. The van der Waals surface area contributed by atoms with E-state index in [1.54, 1.807) is 0 Å². The van der Waals surface area contributed by atoms with Gasteiger partial charge in [-0.25, -0.2) is 0 Å². The summed E-state index contributed by atoms with van der Waals surface area (Å²) in [4.78, 5) is 13.6. The summed E-state index contributed by atoms with van der Waals surface area (Å²) in [5, 5.41) is 9.17. The van der Waals surface area contributed by atoms with Crippen molar-refractivity contribution in [1.82, 2.24) is 4.90 Å². The SMILES string of the molecule is C[C@@H]1CN(C2CCCCCCC2)C[C@H]1C(=O)O. The number of carboxylic acid groups (broad SMARTS) is 1. The Morgan fingerprint density at radius 2 is 1.65 bits per heavy atom. The second kappa shape index (κ2) is 5.85. The van der Waals surface area contributed by atoms with E-state index in [2.05, 4.69) is 11.8 Å². The molecule has 1 heterocycles.